The maximum absolute atomic E-state index is 4.97. The summed E-state index contributed by atoms with van der Waals surface area (Å²) in [6, 6.07) is 4.72. The molecule has 1 aliphatic carbocycles. The van der Waals surface area contributed by atoms with Crippen LogP contribution in [0.3, 0.4) is 0 Å². The fraction of sp³-hybridized carbons (Fsp3) is 0.562. The van der Waals surface area contributed by atoms with Crippen LogP contribution in [0, 0.1) is 0 Å². The maximum Gasteiger partial charge on any atom is 0.186 e. The highest BCUT2D eigenvalue weighted by Gasteiger charge is 2.30. The van der Waals surface area contributed by atoms with Gasteiger partial charge >= 0.3 is 0 Å². The van der Waals surface area contributed by atoms with Crippen molar-refractivity contribution in [2.45, 2.75) is 45.2 Å². The van der Waals surface area contributed by atoms with Crippen molar-refractivity contribution in [2.24, 2.45) is 0 Å². The zero-order chi connectivity index (χ0) is 14.8. The molecule has 3 rings (SSSR count). The predicted molar refractivity (Wildman–Crippen MR) is 92.6 cm³/mol. The first-order valence-corrected chi connectivity index (χ1v) is 9.36. The number of anilines is 1. The number of hydrogen-bond donors (Lipinski definition) is 1. The molecule has 0 saturated heterocycles. The van der Waals surface area contributed by atoms with E-state index in [4.69, 9.17) is 4.98 Å². The highest BCUT2D eigenvalue weighted by atomic mass is 32.1. The lowest BCUT2D eigenvalue weighted by molar-refractivity contribution is 0.725. The average molecular weight is 322 g/mol. The standard InChI is InChI=1S/C16H23N3S2/c1-4-17-10-14-15(12-7-8-12)18-16(21-14)19(3)11(2)13-6-5-9-20-13/h5-6,9,11-12,17H,4,7-8,10H2,1-3H3. The first-order valence-electron chi connectivity index (χ1n) is 7.67. The molecule has 0 aromatic carbocycles. The van der Waals surface area contributed by atoms with Crippen LogP contribution in [0.25, 0.3) is 0 Å². The van der Waals surface area contributed by atoms with E-state index in [1.807, 2.05) is 22.7 Å². The van der Waals surface area contributed by atoms with Crippen LogP contribution in [-0.4, -0.2) is 18.6 Å². The number of rotatable bonds is 7. The van der Waals surface area contributed by atoms with Crippen molar-refractivity contribution in [1.82, 2.24) is 10.3 Å². The molecule has 5 heteroatoms. The first kappa shape index (κ1) is 15.0. The van der Waals surface area contributed by atoms with Crippen LogP contribution in [0.4, 0.5) is 5.13 Å². The van der Waals surface area contributed by atoms with Crippen LogP contribution in [-0.2, 0) is 6.54 Å². The Morgan fingerprint density at radius 2 is 2.29 bits per heavy atom. The third-order valence-electron chi connectivity index (χ3n) is 4.05. The van der Waals surface area contributed by atoms with Crippen LogP contribution < -0.4 is 10.2 Å². The van der Waals surface area contributed by atoms with Gasteiger partial charge in [0.15, 0.2) is 5.13 Å². The minimum atomic E-state index is 0.384. The highest BCUT2D eigenvalue weighted by Crippen LogP contribution is 2.44. The van der Waals surface area contributed by atoms with Crippen LogP contribution in [0.5, 0.6) is 0 Å². The van der Waals surface area contributed by atoms with Crippen molar-refractivity contribution >= 4 is 27.8 Å². The molecule has 2 aromatic rings. The smallest absolute Gasteiger partial charge is 0.186 e. The highest BCUT2D eigenvalue weighted by molar-refractivity contribution is 7.15. The Kier molecular flexibility index (Phi) is 4.62. The van der Waals surface area contributed by atoms with Gasteiger partial charge in [-0.15, -0.1) is 22.7 Å². The van der Waals surface area contributed by atoms with E-state index in [2.05, 4.69) is 48.6 Å². The quantitative estimate of drug-likeness (QED) is 0.820. The van der Waals surface area contributed by atoms with Gasteiger partial charge in [0.05, 0.1) is 11.7 Å². The molecular formula is C16H23N3S2. The Labute approximate surface area is 135 Å². The number of hydrogen-bond acceptors (Lipinski definition) is 5. The van der Waals surface area contributed by atoms with Crippen LogP contribution in [0.15, 0.2) is 17.5 Å². The first-order chi connectivity index (χ1) is 10.2. The van der Waals surface area contributed by atoms with E-state index in [0.29, 0.717) is 12.0 Å². The van der Waals surface area contributed by atoms with Gasteiger partial charge in [-0.05, 0) is 37.8 Å². The molecule has 1 saturated carbocycles. The minimum absolute atomic E-state index is 0.384. The van der Waals surface area contributed by atoms with E-state index in [1.54, 1.807) is 0 Å². The van der Waals surface area contributed by atoms with Gasteiger partial charge < -0.3 is 10.2 Å². The van der Waals surface area contributed by atoms with E-state index in [-0.39, 0.29) is 0 Å². The molecule has 1 atom stereocenters. The molecule has 3 nitrogen and oxygen atoms in total. The van der Waals surface area contributed by atoms with Crippen LogP contribution in [0.1, 0.15) is 54.1 Å². The summed E-state index contributed by atoms with van der Waals surface area (Å²) in [5.74, 6) is 0.717. The van der Waals surface area contributed by atoms with E-state index >= 15 is 0 Å². The Morgan fingerprint density at radius 1 is 1.48 bits per heavy atom. The summed E-state index contributed by atoms with van der Waals surface area (Å²) < 4.78 is 0. The van der Waals surface area contributed by atoms with E-state index in [1.165, 1.54) is 28.3 Å². The molecule has 0 spiro atoms. The van der Waals surface area contributed by atoms with E-state index in [0.717, 1.165) is 18.2 Å². The third-order valence-corrected chi connectivity index (χ3v) is 6.26. The summed E-state index contributed by atoms with van der Waals surface area (Å²) in [4.78, 5) is 10.1. The molecule has 1 unspecified atom stereocenters. The number of thiophene rings is 1. The molecular weight excluding hydrogens is 298 g/mol. The second-order valence-electron chi connectivity index (χ2n) is 5.66. The van der Waals surface area contributed by atoms with Gasteiger partial charge in [0, 0.05) is 29.3 Å². The lowest BCUT2D eigenvalue weighted by atomic mass is 10.2. The second-order valence-corrected chi connectivity index (χ2v) is 7.70. The number of thiazole rings is 1. The van der Waals surface area contributed by atoms with Crippen molar-refractivity contribution < 1.29 is 0 Å². The van der Waals surface area contributed by atoms with Crippen molar-refractivity contribution in [3.8, 4) is 0 Å². The molecule has 21 heavy (non-hydrogen) atoms. The number of nitrogens with zero attached hydrogens (tertiary/aromatic N) is 2. The monoisotopic (exact) mass is 321 g/mol. The maximum atomic E-state index is 4.97. The topological polar surface area (TPSA) is 28.2 Å². The van der Waals surface area contributed by atoms with Gasteiger partial charge in [0.1, 0.15) is 0 Å². The SMILES string of the molecule is CCNCc1sc(N(C)C(C)c2cccs2)nc1C1CC1. The van der Waals surface area contributed by atoms with Gasteiger partial charge in [0.25, 0.3) is 0 Å². The molecule has 1 N–H and O–H groups in total. The van der Waals surface area contributed by atoms with Gasteiger partial charge in [-0.3, -0.25) is 0 Å². The predicted octanol–water partition coefficient (Wildman–Crippen LogP) is 4.39. The normalized spacial score (nSPS) is 16.1. The van der Waals surface area contributed by atoms with Gasteiger partial charge in [0.2, 0.25) is 0 Å². The van der Waals surface area contributed by atoms with Crippen molar-refractivity contribution in [3.05, 3.63) is 33.0 Å². The average Bonchev–Trinajstić information content (AvgIpc) is 3.04. The van der Waals surface area contributed by atoms with E-state index in [9.17, 15) is 0 Å². The molecule has 0 aliphatic heterocycles. The molecule has 0 radical (unpaired) electrons. The summed E-state index contributed by atoms with van der Waals surface area (Å²) in [6.07, 6.45) is 2.62. The largest absolute Gasteiger partial charge is 0.344 e. The molecule has 114 valence electrons. The molecule has 2 aromatic heterocycles. The summed E-state index contributed by atoms with van der Waals surface area (Å²) in [6.45, 7) is 6.39. The summed E-state index contributed by atoms with van der Waals surface area (Å²) in [5.41, 5.74) is 1.35. The van der Waals surface area contributed by atoms with Crippen molar-refractivity contribution in [1.29, 1.82) is 0 Å². The molecule has 0 amide bonds. The zero-order valence-electron chi connectivity index (χ0n) is 12.9. The number of aromatic nitrogens is 1. The Hall–Kier alpha value is -0.910. The third kappa shape index (κ3) is 3.30. The number of nitrogens with one attached hydrogen (secondary N) is 1. The second kappa shape index (κ2) is 6.46. The molecule has 0 bridgehead atoms. The summed E-state index contributed by atoms with van der Waals surface area (Å²) >= 11 is 3.68. The molecule has 1 fully saturated rings. The van der Waals surface area contributed by atoms with Crippen molar-refractivity contribution in [3.63, 3.8) is 0 Å². The molecule has 1 aliphatic rings. The van der Waals surface area contributed by atoms with E-state index < -0.39 is 0 Å². The fourth-order valence-electron chi connectivity index (χ4n) is 2.43. The van der Waals surface area contributed by atoms with Crippen LogP contribution >= 0.6 is 22.7 Å². The zero-order valence-corrected chi connectivity index (χ0v) is 14.6. The minimum Gasteiger partial charge on any atom is -0.344 e. The lowest BCUT2D eigenvalue weighted by Crippen LogP contribution is -2.20. The molecule has 2 heterocycles. The van der Waals surface area contributed by atoms with Gasteiger partial charge in [-0.25, -0.2) is 4.98 Å². The van der Waals surface area contributed by atoms with Crippen LogP contribution in [0.2, 0.25) is 0 Å². The van der Waals surface area contributed by atoms with Crippen molar-refractivity contribution in [2.75, 3.05) is 18.5 Å². The van der Waals surface area contributed by atoms with Gasteiger partial charge in [-0.2, -0.15) is 0 Å². The summed E-state index contributed by atoms with van der Waals surface area (Å²) in [5, 5.41) is 6.76. The Morgan fingerprint density at radius 3 is 2.90 bits per heavy atom. The Balaban J connectivity index is 1.80. The summed E-state index contributed by atoms with van der Waals surface area (Å²) in [7, 11) is 2.16. The fourth-order valence-corrected chi connectivity index (χ4v) is 4.41. The van der Waals surface area contributed by atoms with Gasteiger partial charge in [-0.1, -0.05) is 13.0 Å². The Bertz CT molecular complexity index is 572. The lowest BCUT2D eigenvalue weighted by Gasteiger charge is -2.23.